The van der Waals surface area contributed by atoms with Gasteiger partial charge in [-0.2, -0.15) is 0 Å². The highest BCUT2D eigenvalue weighted by molar-refractivity contribution is 7.91. The van der Waals surface area contributed by atoms with Gasteiger partial charge in [-0.25, -0.2) is 8.42 Å². The molecule has 5 nitrogen and oxygen atoms in total. The minimum Gasteiger partial charge on any atom is -0.318 e. The normalized spacial score (nSPS) is 14.8. The van der Waals surface area contributed by atoms with Crippen LogP contribution in [-0.4, -0.2) is 25.4 Å². The summed E-state index contributed by atoms with van der Waals surface area (Å²) in [6.45, 7) is 2.58. The van der Waals surface area contributed by atoms with Crippen molar-refractivity contribution in [1.82, 2.24) is 9.88 Å². The number of nitrogens with one attached hydrogen (secondary N) is 1. The van der Waals surface area contributed by atoms with Gasteiger partial charge in [0.25, 0.3) is 5.56 Å². The van der Waals surface area contributed by atoms with E-state index in [1.54, 1.807) is 31.4 Å². The van der Waals surface area contributed by atoms with Crippen LogP contribution in [0.15, 0.2) is 46.2 Å². The Morgan fingerprint density at radius 3 is 2.62 bits per heavy atom. The second kappa shape index (κ2) is 6.53. The van der Waals surface area contributed by atoms with E-state index in [0.717, 1.165) is 17.7 Å². The van der Waals surface area contributed by atoms with Gasteiger partial charge in [-0.15, -0.1) is 0 Å². The standard InChI is InChI=1S/C18H22N2O3S/c1-13-9-18(21)20(2)11-16(13)15-5-3-4-6-17(15)24(22,23)12-19-10-14-7-8-14/h3-6,9,11,14,19H,7-8,10,12H2,1-2H3. The van der Waals surface area contributed by atoms with Crippen LogP contribution in [-0.2, 0) is 16.9 Å². The van der Waals surface area contributed by atoms with Gasteiger partial charge in [0.05, 0.1) is 4.90 Å². The molecule has 128 valence electrons. The molecule has 1 saturated carbocycles. The molecular formula is C18H22N2O3S. The Morgan fingerprint density at radius 1 is 1.21 bits per heavy atom. The molecule has 0 saturated heterocycles. The molecule has 1 fully saturated rings. The van der Waals surface area contributed by atoms with Crippen LogP contribution >= 0.6 is 0 Å². The molecule has 0 aliphatic heterocycles. The summed E-state index contributed by atoms with van der Waals surface area (Å²) in [6, 6.07) is 8.50. The van der Waals surface area contributed by atoms with E-state index in [1.165, 1.54) is 23.5 Å². The van der Waals surface area contributed by atoms with Gasteiger partial charge in [0, 0.05) is 30.4 Å². The summed E-state index contributed by atoms with van der Waals surface area (Å²) in [7, 11) is -1.78. The van der Waals surface area contributed by atoms with Crippen molar-refractivity contribution in [3.8, 4) is 11.1 Å². The Bertz CT molecular complexity index is 912. The fourth-order valence-electron chi connectivity index (χ4n) is 2.76. The fourth-order valence-corrected chi connectivity index (χ4v) is 4.10. The maximum atomic E-state index is 12.8. The Labute approximate surface area is 142 Å². The predicted molar refractivity (Wildman–Crippen MR) is 94.6 cm³/mol. The van der Waals surface area contributed by atoms with E-state index >= 15 is 0 Å². The van der Waals surface area contributed by atoms with Crippen LogP contribution in [0.2, 0.25) is 0 Å². The molecule has 0 unspecified atom stereocenters. The van der Waals surface area contributed by atoms with Crippen molar-refractivity contribution >= 4 is 9.84 Å². The van der Waals surface area contributed by atoms with Crippen molar-refractivity contribution in [2.24, 2.45) is 13.0 Å². The van der Waals surface area contributed by atoms with Crippen molar-refractivity contribution in [2.75, 3.05) is 12.4 Å². The first-order chi connectivity index (χ1) is 11.4. The van der Waals surface area contributed by atoms with Crippen LogP contribution in [0.4, 0.5) is 0 Å². The number of hydrogen-bond donors (Lipinski definition) is 1. The van der Waals surface area contributed by atoms with E-state index in [1.807, 2.05) is 13.0 Å². The molecule has 2 aromatic rings. The minimum atomic E-state index is -3.45. The van der Waals surface area contributed by atoms with Gasteiger partial charge in [0.15, 0.2) is 9.84 Å². The van der Waals surface area contributed by atoms with Gasteiger partial charge < -0.3 is 9.88 Å². The third-order valence-electron chi connectivity index (χ3n) is 4.37. The first-order valence-electron chi connectivity index (χ1n) is 8.08. The summed E-state index contributed by atoms with van der Waals surface area (Å²) in [5, 5.41) is 3.06. The summed E-state index contributed by atoms with van der Waals surface area (Å²) < 4.78 is 27.0. The number of aromatic nitrogens is 1. The largest absolute Gasteiger partial charge is 0.318 e. The summed E-state index contributed by atoms with van der Waals surface area (Å²) in [4.78, 5) is 12.1. The average Bonchev–Trinajstić information content (AvgIpc) is 3.35. The minimum absolute atomic E-state index is 0.0642. The summed E-state index contributed by atoms with van der Waals surface area (Å²) >= 11 is 0. The highest BCUT2D eigenvalue weighted by Gasteiger charge is 2.24. The third kappa shape index (κ3) is 3.60. The summed E-state index contributed by atoms with van der Waals surface area (Å²) in [6.07, 6.45) is 4.06. The number of rotatable bonds is 6. The Hall–Kier alpha value is -1.92. The van der Waals surface area contributed by atoms with Crippen LogP contribution < -0.4 is 10.9 Å². The second-order valence-corrected chi connectivity index (χ2v) is 8.43. The predicted octanol–water partition coefficient (Wildman–Crippen LogP) is 2.09. The third-order valence-corrected chi connectivity index (χ3v) is 5.98. The molecule has 1 aliphatic rings. The van der Waals surface area contributed by atoms with E-state index in [9.17, 15) is 13.2 Å². The quantitative estimate of drug-likeness (QED) is 0.870. The Kier molecular flexibility index (Phi) is 4.60. The smallest absolute Gasteiger partial charge is 0.250 e. The topological polar surface area (TPSA) is 68.2 Å². The lowest BCUT2D eigenvalue weighted by Gasteiger charge is -2.14. The monoisotopic (exact) mass is 346 g/mol. The second-order valence-electron chi connectivity index (χ2n) is 6.47. The Balaban J connectivity index is 1.98. The number of sulfone groups is 1. The molecule has 0 radical (unpaired) electrons. The van der Waals surface area contributed by atoms with E-state index in [-0.39, 0.29) is 11.4 Å². The SMILES string of the molecule is Cc1cc(=O)n(C)cc1-c1ccccc1S(=O)(=O)CNCC1CC1. The molecule has 1 heterocycles. The van der Waals surface area contributed by atoms with E-state index in [4.69, 9.17) is 0 Å². The van der Waals surface area contributed by atoms with Crippen LogP contribution in [0, 0.1) is 12.8 Å². The van der Waals surface area contributed by atoms with Crippen LogP contribution in [0.1, 0.15) is 18.4 Å². The van der Waals surface area contributed by atoms with E-state index in [2.05, 4.69) is 5.32 Å². The lowest BCUT2D eigenvalue weighted by atomic mass is 10.0. The van der Waals surface area contributed by atoms with Crippen LogP contribution in [0.5, 0.6) is 0 Å². The lowest BCUT2D eigenvalue weighted by Crippen LogP contribution is -2.25. The van der Waals surface area contributed by atoms with Crippen LogP contribution in [0.3, 0.4) is 0 Å². The maximum Gasteiger partial charge on any atom is 0.250 e. The molecule has 0 amide bonds. The molecule has 1 N–H and O–H groups in total. The Morgan fingerprint density at radius 2 is 1.92 bits per heavy atom. The first-order valence-corrected chi connectivity index (χ1v) is 9.74. The number of aryl methyl sites for hydroxylation is 2. The molecule has 24 heavy (non-hydrogen) atoms. The number of pyridine rings is 1. The molecule has 1 aromatic heterocycles. The van der Waals surface area contributed by atoms with Crippen molar-refractivity contribution in [2.45, 2.75) is 24.7 Å². The van der Waals surface area contributed by atoms with E-state index in [0.29, 0.717) is 16.4 Å². The number of nitrogens with zero attached hydrogens (tertiary/aromatic N) is 1. The zero-order valence-corrected chi connectivity index (χ0v) is 14.8. The fraction of sp³-hybridized carbons (Fsp3) is 0.389. The average molecular weight is 346 g/mol. The summed E-state index contributed by atoms with van der Waals surface area (Å²) in [5.41, 5.74) is 2.06. The zero-order valence-electron chi connectivity index (χ0n) is 14.0. The van der Waals surface area contributed by atoms with E-state index < -0.39 is 9.84 Å². The molecule has 1 aromatic carbocycles. The van der Waals surface area contributed by atoms with Gasteiger partial charge in [0.1, 0.15) is 5.88 Å². The highest BCUT2D eigenvalue weighted by Crippen LogP contribution is 2.30. The van der Waals surface area contributed by atoms with Gasteiger partial charge in [-0.1, -0.05) is 18.2 Å². The van der Waals surface area contributed by atoms with Gasteiger partial charge in [-0.05, 0) is 43.9 Å². The number of benzene rings is 1. The van der Waals surface area contributed by atoms with Gasteiger partial charge in [0.2, 0.25) is 0 Å². The molecular weight excluding hydrogens is 324 g/mol. The first kappa shape index (κ1) is 16.9. The van der Waals surface area contributed by atoms with Crippen molar-refractivity contribution in [3.63, 3.8) is 0 Å². The molecule has 6 heteroatoms. The number of hydrogen-bond acceptors (Lipinski definition) is 4. The lowest BCUT2D eigenvalue weighted by molar-refractivity contribution is 0.583. The zero-order chi connectivity index (χ0) is 17.3. The highest BCUT2D eigenvalue weighted by atomic mass is 32.2. The molecule has 0 atom stereocenters. The summed E-state index contributed by atoms with van der Waals surface area (Å²) in [5.74, 6) is 0.562. The van der Waals surface area contributed by atoms with Crippen molar-refractivity contribution in [1.29, 1.82) is 0 Å². The van der Waals surface area contributed by atoms with Crippen molar-refractivity contribution in [3.05, 3.63) is 52.4 Å². The van der Waals surface area contributed by atoms with Crippen molar-refractivity contribution < 1.29 is 8.42 Å². The molecule has 0 spiro atoms. The molecule has 1 aliphatic carbocycles. The van der Waals surface area contributed by atoms with Gasteiger partial charge >= 0.3 is 0 Å². The molecule has 3 rings (SSSR count). The maximum absolute atomic E-state index is 12.8. The molecule has 0 bridgehead atoms. The van der Waals surface area contributed by atoms with Crippen LogP contribution in [0.25, 0.3) is 11.1 Å². The van der Waals surface area contributed by atoms with Gasteiger partial charge in [-0.3, -0.25) is 4.79 Å².